The SMILES string of the molecule is CCOC(=O)C(C)Oc1ncn(-c2c(C)cccc2C)n1. The molecule has 1 atom stereocenters. The van der Waals surface area contributed by atoms with E-state index in [1.165, 1.54) is 0 Å². The predicted molar refractivity (Wildman–Crippen MR) is 77.6 cm³/mol. The molecule has 0 aliphatic heterocycles. The number of hydrogen-bond donors (Lipinski definition) is 0. The molecule has 1 heterocycles. The van der Waals surface area contributed by atoms with Gasteiger partial charge in [0.1, 0.15) is 6.33 Å². The summed E-state index contributed by atoms with van der Waals surface area (Å²) in [6, 6.07) is 6.15. The van der Waals surface area contributed by atoms with Gasteiger partial charge in [0.15, 0.2) is 6.10 Å². The van der Waals surface area contributed by atoms with E-state index >= 15 is 0 Å². The van der Waals surface area contributed by atoms with E-state index in [2.05, 4.69) is 10.1 Å². The summed E-state index contributed by atoms with van der Waals surface area (Å²) in [6.45, 7) is 7.69. The first-order chi connectivity index (χ1) is 10.0. The van der Waals surface area contributed by atoms with Gasteiger partial charge in [0.05, 0.1) is 12.3 Å². The van der Waals surface area contributed by atoms with Crippen molar-refractivity contribution < 1.29 is 14.3 Å². The molecule has 112 valence electrons. The van der Waals surface area contributed by atoms with Gasteiger partial charge in [-0.05, 0) is 38.8 Å². The van der Waals surface area contributed by atoms with E-state index in [1.807, 2.05) is 32.0 Å². The highest BCUT2D eigenvalue weighted by Crippen LogP contribution is 2.18. The fraction of sp³-hybridized carbons (Fsp3) is 0.400. The van der Waals surface area contributed by atoms with E-state index < -0.39 is 12.1 Å². The number of para-hydroxylation sites is 1. The molecule has 6 nitrogen and oxygen atoms in total. The second kappa shape index (κ2) is 6.39. The van der Waals surface area contributed by atoms with Gasteiger partial charge in [-0.3, -0.25) is 0 Å². The van der Waals surface area contributed by atoms with Gasteiger partial charge in [-0.15, -0.1) is 5.10 Å². The number of carbonyl (C=O) groups is 1. The molecule has 1 aromatic carbocycles. The third-order valence-electron chi connectivity index (χ3n) is 3.04. The number of carbonyl (C=O) groups excluding carboxylic acids is 1. The molecule has 1 unspecified atom stereocenters. The zero-order valence-corrected chi connectivity index (χ0v) is 12.7. The van der Waals surface area contributed by atoms with E-state index in [-0.39, 0.29) is 6.01 Å². The maximum absolute atomic E-state index is 11.5. The monoisotopic (exact) mass is 289 g/mol. The van der Waals surface area contributed by atoms with Crippen LogP contribution in [0.15, 0.2) is 24.5 Å². The molecule has 0 fully saturated rings. The highest BCUT2D eigenvalue weighted by Gasteiger charge is 2.18. The summed E-state index contributed by atoms with van der Waals surface area (Å²) in [5, 5.41) is 4.26. The molecular weight excluding hydrogens is 270 g/mol. The summed E-state index contributed by atoms with van der Waals surface area (Å²) >= 11 is 0. The van der Waals surface area contributed by atoms with E-state index in [0.717, 1.165) is 16.8 Å². The summed E-state index contributed by atoms with van der Waals surface area (Å²) < 4.78 is 11.9. The molecule has 2 aromatic rings. The molecule has 0 amide bonds. The Kier molecular flexibility index (Phi) is 4.57. The fourth-order valence-corrected chi connectivity index (χ4v) is 2.04. The minimum Gasteiger partial charge on any atom is -0.463 e. The molecule has 2 rings (SSSR count). The zero-order chi connectivity index (χ0) is 15.4. The first kappa shape index (κ1) is 15.0. The predicted octanol–water partition coefficient (Wildman–Crippen LogP) is 2.21. The lowest BCUT2D eigenvalue weighted by Crippen LogP contribution is -2.26. The van der Waals surface area contributed by atoms with Crippen molar-refractivity contribution in [1.29, 1.82) is 0 Å². The first-order valence-electron chi connectivity index (χ1n) is 6.84. The fourth-order valence-electron chi connectivity index (χ4n) is 2.04. The number of nitrogens with zero attached hydrogens (tertiary/aromatic N) is 3. The van der Waals surface area contributed by atoms with Crippen LogP contribution in [-0.4, -0.2) is 33.4 Å². The minimum atomic E-state index is -0.737. The smallest absolute Gasteiger partial charge is 0.347 e. The van der Waals surface area contributed by atoms with Crippen LogP contribution in [0.1, 0.15) is 25.0 Å². The molecule has 0 N–H and O–H groups in total. The van der Waals surface area contributed by atoms with Crippen molar-refractivity contribution in [2.24, 2.45) is 0 Å². The Labute approximate surface area is 123 Å². The van der Waals surface area contributed by atoms with Crippen molar-refractivity contribution in [3.05, 3.63) is 35.7 Å². The van der Waals surface area contributed by atoms with Crippen molar-refractivity contribution >= 4 is 5.97 Å². The number of aromatic nitrogens is 3. The van der Waals surface area contributed by atoms with Crippen molar-refractivity contribution in [3.8, 4) is 11.7 Å². The third kappa shape index (κ3) is 3.39. The van der Waals surface area contributed by atoms with Crippen molar-refractivity contribution in [2.45, 2.75) is 33.8 Å². The average Bonchev–Trinajstić information content (AvgIpc) is 2.87. The molecule has 0 aliphatic carbocycles. The second-order valence-electron chi connectivity index (χ2n) is 4.72. The van der Waals surface area contributed by atoms with Crippen molar-refractivity contribution in [3.63, 3.8) is 0 Å². The number of hydrogen-bond acceptors (Lipinski definition) is 5. The number of esters is 1. The van der Waals surface area contributed by atoms with Gasteiger partial charge in [0, 0.05) is 0 Å². The Bertz CT molecular complexity index is 617. The minimum absolute atomic E-state index is 0.151. The average molecular weight is 289 g/mol. The molecule has 0 saturated heterocycles. The number of ether oxygens (including phenoxy) is 2. The summed E-state index contributed by atoms with van der Waals surface area (Å²) in [7, 11) is 0. The Balaban J connectivity index is 2.17. The Morgan fingerprint density at radius 2 is 2.00 bits per heavy atom. The summed E-state index contributed by atoms with van der Waals surface area (Å²) in [4.78, 5) is 15.6. The van der Waals surface area contributed by atoms with Crippen LogP contribution in [-0.2, 0) is 9.53 Å². The van der Waals surface area contributed by atoms with Crippen LogP contribution in [0.25, 0.3) is 5.69 Å². The largest absolute Gasteiger partial charge is 0.463 e. The van der Waals surface area contributed by atoms with Crippen molar-refractivity contribution in [1.82, 2.24) is 14.8 Å². The molecule has 21 heavy (non-hydrogen) atoms. The number of aryl methyl sites for hydroxylation is 2. The molecule has 0 bridgehead atoms. The van der Waals surface area contributed by atoms with Crippen LogP contribution >= 0.6 is 0 Å². The highest BCUT2D eigenvalue weighted by molar-refractivity contribution is 5.74. The standard InChI is InChI=1S/C15H19N3O3/c1-5-20-14(19)12(4)21-15-16-9-18(17-15)13-10(2)7-6-8-11(13)3/h6-9,12H,5H2,1-4H3. The third-order valence-corrected chi connectivity index (χ3v) is 3.04. The van der Waals surface area contributed by atoms with Gasteiger partial charge in [-0.25, -0.2) is 9.48 Å². The molecule has 6 heteroatoms. The van der Waals surface area contributed by atoms with Crippen LogP contribution in [0, 0.1) is 13.8 Å². The maximum atomic E-state index is 11.5. The molecule has 0 radical (unpaired) electrons. The van der Waals surface area contributed by atoms with Crippen molar-refractivity contribution in [2.75, 3.05) is 6.61 Å². The molecular formula is C15H19N3O3. The lowest BCUT2D eigenvalue weighted by atomic mass is 10.1. The molecule has 0 saturated carbocycles. The quantitative estimate of drug-likeness (QED) is 0.790. The van der Waals surface area contributed by atoms with Gasteiger partial charge in [-0.1, -0.05) is 18.2 Å². The Hall–Kier alpha value is -2.37. The Morgan fingerprint density at radius 1 is 1.33 bits per heavy atom. The summed E-state index contributed by atoms with van der Waals surface area (Å²) in [6.07, 6.45) is 0.835. The van der Waals surface area contributed by atoms with Crippen LogP contribution in [0.4, 0.5) is 0 Å². The van der Waals surface area contributed by atoms with Gasteiger partial charge in [0.2, 0.25) is 0 Å². The summed E-state index contributed by atoms with van der Waals surface area (Å²) in [5.41, 5.74) is 3.14. The van der Waals surface area contributed by atoms with Gasteiger partial charge >= 0.3 is 12.0 Å². The van der Waals surface area contributed by atoms with Gasteiger partial charge < -0.3 is 9.47 Å². The topological polar surface area (TPSA) is 66.2 Å². The normalized spacial score (nSPS) is 12.0. The molecule has 1 aromatic heterocycles. The van der Waals surface area contributed by atoms with E-state index in [1.54, 1.807) is 24.9 Å². The van der Waals surface area contributed by atoms with Crippen LogP contribution in [0.3, 0.4) is 0 Å². The van der Waals surface area contributed by atoms with Crippen LogP contribution in [0.5, 0.6) is 6.01 Å². The first-order valence-corrected chi connectivity index (χ1v) is 6.84. The Morgan fingerprint density at radius 3 is 2.62 bits per heavy atom. The van der Waals surface area contributed by atoms with Crippen LogP contribution in [0.2, 0.25) is 0 Å². The van der Waals surface area contributed by atoms with Gasteiger partial charge in [-0.2, -0.15) is 4.98 Å². The molecule has 0 aliphatic rings. The van der Waals surface area contributed by atoms with E-state index in [9.17, 15) is 4.79 Å². The van der Waals surface area contributed by atoms with Crippen LogP contribution < -0.4 is 4.74 Å². The van der Waals surface area contributed by atoms with E-state index in [0.29, 0.717) is 6.61 Å². The maximum Gasteiger partial charge on any atom is 0.347 e. The number of rotatable bonds is 5. The highest BCUT2D eigenvalue weighted by atomic mass is 16.6. The lowest BCUT2D eigenvalue weighted by Gasteiger charge is -2.10. The van der Waals surface area contributed by atoms with E-state index in [4.69, 9.17) is 9.47 Å². The number of benzene rings is 1. The second-order valence-corrected chi connectivity index (χ2v) is 4.72. The summed E-state index contributed by atoms with van der Waals surface area (Å²) in [5.74, 6) is -0.430. The molecule has 0 spiro atoms. The zero-order valence-electron chi connectivity index (χ0n) is 12.7. The van der Waals surface area contributed by atoms with Gasteiger partial charge in [0.25, 0.3) is 0 Å². The lowest BCUT2D eigenvalue weighted by molar-refractivity contribution is -0.150.